The molecule has 0 unspecified atom stereocenters. The van der Waals surface area contributed by atoms with Crippen LogP contribution in [0.25, 0.3) is 0 Å². The summed E-state index contributed by atoms with van der Waals surface area (Å²) < 4.78 is 23.0. The van der Waals surface area contributed by atoms with Crippen molar-refractivity contribution in [1.82, 2.24) is 0 Å². The minimum atomic E-state index is 0.251. The lowest BCUT2D eigenvalue weighted by Gasteiger charge is -2.25. The molecular formula is C20H14BrNO4. The van der Waals surface area contributed by atoms with Crippen LogP contribution in [0.2, 0.25) is 0 Å². The number of rotatable bonds is 3. The molecule has 0 bridgehead atoms. The Bertz CT molecular complexity index is 917. The Morgan fingerprint density at radius 2 is 1.04 bits per heavy atom. The summed E-state index contributed by atoms with van der Waals surface area (Å²) in [6.45, 7) is 0.502. The van der Waals surface area contributed by atoms with Crippen LogP contribution in [0.1, 0.15) is 0 Å². The van der Waals surface area contributed by atoms with Crippen molar-refractivity contribution in [2.75, 3.05) is 18.5 Å². The Morgan fingerprint density at radius 1 is 0.577 bits per heavy atom. The van der Waals surface area contributed by atoms with E-state index in [1.54, 1.807) is 0 Å². The predicted molar refractivity (Wildman–Crippen MR) is 101 cm³/mol. The second-order valence-corrected chi connectivity index (χ2v) is 6.80. The first-order valence-electron chi connectivity index (χ1n) is 8.13. The summed E-state index contributed by atoms with van der Waals surface area (Å²) in [6, 6.07) is 20.0. The van der Waals surface area contributed by atoms with Crippen LogP contribution in [0.15, 0.2) is 65.1 Å². The maximum atomic E-state index is 5.55. The van der Waals surface area contributed by atoms with E-state index >= 15 is 0 Å². The van der Waals surface area contributed by atoms with Gasteiger partial charge in [-0.05, 0) is 48.5 Å². The molecule has 0 spiro atoms. The first-order chi connectivity index (χ1) is 12.8. The standard InChI is InChI=1S/C20H14BrNO4/c21-13-1-3-14(4-2-13)22(15-5-7-17-19(9-15)25-11-23-17)16-6-8-18-20(10-16)26-12-24-18/h1-10H,11-12H2. The van der Waals surface area contributed by atoms with Crippen LogP contribution in [0.4, 0.5) is 17.1 Å². The molecule has 0 radical (unpaired) electrons. The van der Waals surface area contributed by atoms with Gasteiger partial charge in [-0.3, -0.25) is 0 Å². The van der Waals surface area contributed by atoms with Crippen molar-refractivity contribution >= 4 is 33.0 Å². The molecule has 0 N–H and O–H groups in total. The molecule has 0 atom stereocenters. The molecule has 2 aliphatic rings. The molecule has 2 aliphatic heterocycles. The number of benzene rings is 3. The minimum absolute atomic E-state index is 0.251. The van der Waals surface area contributed by atoms with E-state index in [0.717, 1.165) is 44.5 Å². The fourth-order valence-corrected chi connectivity index (χ4v) is 3.35. The molecule has 6 heteroatoms. The highest BCUT2D eigenvalue weighted by Crippen LogP contribution is 2.44. The normalized spacial score (nSPS) is 13.7. The van der Waals surface area contributed by atoms with Crippen molar-refractivity contribution < 1.29 is 18.9 Å². The van der Waals surface area contributed by atoms with Gasteiger partial charge in [-0.1, -0.05) is 15.9 Å². The van der Waals surface area contributed by atoms with Crippen molar-refractivity contribution in [3.05, 3.63) is 65.1 Å². The van der Waals surface area contributed by atoms with Crippen LogP contribution >= 0.6 is 15.9 Å². The van der Waals surface area contributed by atoms with E-state index in [4.69, 9.17) is 18.9 Å². The molecule has 0 fully saturated rings. The predicted octanol–water partition coefficient (Wildman–Crippen LogP) is 5.38. The Morgan fingerprint density at radius 3 is 1.58 bits per heavy atom. The van der Waals surface area contributed by atoms with E-state index in [9.17, 15) is 0 Å². The van der Waals surface area contributed by atoms with Gasteiger partial charge in [-0.2, -0.15) is 0 Å². The van der Waals surface area contributed by atoms with Crippen molar-refractivity contribution in [1.29, 1.82) is 0 Å². The van der Waals surface area contributed by atoms with Crippen molar-refractivity contribution in [3.8, 4) is 23.0 Å². The number of fused-ring (bicyclic) bond motifs is 2. The Labute approximate surface area is 158 Å². The van der Waals surface area contributed by atoms with Crippen LogP contribution in [0.3, 0.4) is 0 Å². The molecule has 0 saturated heterocycles. The maximum absolute atomic E-state index is 5.55. The van der Waals surface area contributed by atoms with Crippen molar-refractivity contribution in [2.45, 2.75) is 0 Å². The molecule has 0 aliphatic carbocycles. The van der Waals surface area contributed by atoms with Gasteiger partial charge in [0.15, 0.2) is 23.0 Å². The number of ether oxygens (including phenoxy) is 4. The summed E-state index contributed by atoms with van der Waals surface area (Å²) >= 11 is 3.50. The van der Waals surface area contributed by atoms with Crippen molar-refractivity contribution in [2.24, 2.45) is 0 Å². The molecule has 3 aromatic rings. The summed E-state index contributed by atoms with van der Waals surface area (Å²) in [7, 11) is 0. The van der Waals surface area contributed by atoms with E-state index in [2.05, 4.69) is 33.0 Å². The van der Waals surface area contributed by atoms with Crippen LogP contribution in [0, 0.1) is 0 Å². The number of nitrogens with zero attached hydrogens (tertiary/aromatic N) is 1. The van der Waals surface area contributed by atoms with Gasteiger partial charge in [-0.15, -0.1) is 0 Å². The lowest BCUT2D eigenvalue weighted by atomic mass is 10.1. The summed E-state index contributed by atoms with van der Waals surface area (Å²) in [4.78, 5) is 2.14. The van der Waals surface area contributed by atoms with E-state index in [1.165, 1.54) is 0 Å². The van der Waals surface area contributed by atoms with Crippen LogP contribution in [-0.2, 0) is 0 Å². The molecule has 5 rings (SSSR count). The fourth-order valence-electron chi connectivity index (χ4n) is 3.09. The maximum Gasteiger partial charge on any atom is 0.231 e. The van der Waals surface area contributed by atoms with E-state index in [0.29, 0.717) is 0 Å². The third-order valence-corrected chi connectivity index (χ3v) is 4.84. The number of anilines is 3. The van der Waals surface area contributed by atoms with Gasteiger partial charge in [0.1, 0.15) is 0 Å². The topological polar surface area (TPSA) is 40.2 Å². The molecule has 2 heterocycles. The first kappa shape index (κ1) is 15.4. The lowest BCUT2D eigenvalue weighted by Crippen LogP contribution is -2.09. The van der Waals surface area contributed by atoms with Crippen LogP contribution in [-0.4, -0.2) is 13.6 Å². The Balaban J connectivity index is 1.64. The number of hydrogen-bond donors (Lipinski definition) is 0. The first-order valence-corrected chi connectivity index (χ1v) is 8.92. The van der Waals surface area contributed by atoms with E-state index in [-0.39, 0.29) is 13.6 Å². The highest BCUT2D eigenvalue weighted by Gasteiger charge is 2.21. The van der Waals surface area contributed by atoms with Crippen LogP contribution in [0.5, 0.6) is 23.0 Å². The highest BCUT2D eigenvalue weighted by molar-refractivity contribution is 9.10. The molecule has 3 aromatic carbocycles. The zero-order valence-corrected chi connectivity index (χ0v) is 15.2. The third-order valence-electron chi connectivity index (χ3n) is 4.31. The smallest absolute Gasteiger partial charge is 0.231 e. The van der Waals surface area contributed by atoms with Crippen molar-refractivity contribution in [3.63, 3.8) is 0 Å². The largest absolute Gasteiger partial charge is 0.454 e. The molecule has 0 saturated carbocycles. The zero-order chi connectivity index (χ0) is 17.5. The molecule has 130 valence electrons. The highest BCUT2D eigenvalue weighted by atomic mass is 79.9. The number of halogens is 1. The quantitative estimate of drug-likeness (QED) is 0.578. The van der Waals surface area contributed by atoms with Gasteiger partial charge < -0.3 is 23.8 Å². The third kappa shape index (κ3) is 2.63. The molecular weight excluding hydrogens is 398 g/mol. The molecule has 0 amide bonds. The average molecular weight is 412 g/mol. The van der Waals surface area contributed by atoms with Crippen LogP contribution < -0.4 is 23.8 Å². The fraction of sp³-hybridized carbons (Fsp3) is 0.100. The van der Waals surface area contributed by atoms with Gasteiger partial charge in [-0.25, -0.2) is 0 Å². The van der Waals surface area contributed by atoms with Gasteiger partial charge in [0.05, 0.1) is 11.4 Å². The average Bonchev–Trinajstić information content (AvgIpc) is 3.31. The second-order valence-electron chi connectivity index (χ2n) is 5.89. The molecule has 5 nitrogen and oxygen atoms in total. The lowest BCUT2D eigenvalue weighted by molar-refractivity contribution is 0.173. The van der Waals surface area contributed by atoms with Gasteiger partial charge in [0, 0.05) is 22.3 Å². The molecule has 0 aromatic heterocycles. The summed E-state index contributed by atoms with van der Waals surface area (Å²) in [5.41, 5.74) is 2.96. The summed E-state index contributed by atoms with van der Waals surface area (Å²) in [6.07, 6.45) is 0. The van der Waals surface area contributed by atoms with Gasteiger partial charge in [0.2, 0.25) is 13.6 Å². The van der Waals surface area contributed by atoms with E-state index in [1.807, 2.05) is 48.5 Å². The summed E-state index contributed by atoms with van der Waals surface area (Å²) in [5.74, 6) is 3.00. The number of hydrogen-bond acceptors (Lipinski definition) is 5. The molecule has 26 heavy (non-hydrogen) atoms. The monoisotopic (exact) mass is 411 g/mol. The van der Waals surface area contributed by atoms with Gasteiger partial charge >= 0.3 is 0 Å². The minimum Gasteiger partial charge on any atom is -0.454 e. The Hall–Kier alpha value is -2.86. The Kier molecular flexibility index (Phi) is 3.64. The SMILES string of the molecule is Brc1ccc(N(c2ccc3c(c2)OCO3)c2ccc3c(c2)OCO3)cc1. The van der Waals surface area contributed by atoms with E-state index < -0.39 is 0 Å². The summed E-state index contributed by atoms with van der Waals surface area (Å²) in [5, 5.41) is 0. The second kappa shape index (κ2) is 6.14. The van der Waals surface area contributed by atoms with Gasteiger partial charge in [0.25, 0.3) is 0 Å². The zero-order valence-electron chi connectivity index (χ0n) is 13.6.